The van der Waals surface area contributed by atoms with E-state index in [0.29, 0.717) is 18.4 Å². The number of piperidine rings is 1. The zero-order valence-corrected chi connectivity index (χ0v) is 13.0. The van der Waals surface area contributed by atoms with Crippen molar-refractivity contribution in [3.63, 3.8) is 0 Å². The van der Waals surface area contributed by atoms with E-state index in [0.717, 1.165) is 38.2 Å². The zero-order chi connectivity index (χ0) is 15.5. The smallest absolute Gasteiger partial charge is 0.253 e. The Bertz CT molecular complexity index is 546. The van der Waals surface area contributed by atoms with Crippen molar-refractivity contribution in [1.29, 1.82) is 0 Å². The van der Waals surface area contributed by atoms with E-state index in [2.05, 4.69) is 10.2 Å². The standard InChI is InChI=1S/C17H23N3O2/c1-18-16(21)12-19-8-7-14-10-20(11-15(14)9-19)17(22)13-5-3-2-4-6-13/h2-6,14-15H,7-12H2,1H3,(H,18,21)/t14-,15+/m0/s1. The number of fused-ring (bicyclic) bond motifs is 1. The molecule has 3 rings (SSSR count). The van der Waals surface area contributed by atoms with E-state index < -0.39 is 0 Å². The van der Waals surface area contributed by atoms with Gasteiger partial charge in [-0.25, -0.2) is 0 Å². The molecule has 1 aromatic rings. The zero-order valence-electron chi connectivity index (χ0n) is 13.0. The summed E-state index contributed by atoms with van der Waals surface area (Å²) in [7, 11) is 1.67. The quantitative estimate of drug-likeness (QED) is 0.899. The minimum atomic E-state index is 0.0636. The molecule has 0 radical (unpaired) electrons. The van der Waals surface area contributed by atoms with Crippen LogP contribution in [-0.4, -0.2) is 61.4 Å². The fraction of sp³-hybridized carbons (Fsp3) is 0.529. The van der Waals surface area contributed by atoms with Crippen LogP contribution < -0.4 is 5.32 Å². The lowest BCUT2D eigenvalue weighted by molar-refractivity contribution is -0.122. The molecule has 2 amide bonds. The fourth-order valence-electron chi connectivity index (χ4n) is 3.60. The molecule has 2 fully saturated rings. The lowest BCUT2D eigenvalue weighted by Crippen LogP contribution is -2.44. The second-order valence-corrected chi connectivity index (χ2v) is 6.29. The maximum absolute atomic E-state index is 12.5. The Morgan fingerprint density at radius 2 is 1.86 bits per heavy atom. The summed E-state index contributed by atoms with van der Waals surface area (Å²) in [6.07, 6.45) is 1.07. The van der Waals surface area contributed by atoms with Crippen molar-refractivity contribution in [1.82, 2.24) is 15.1 Å². The number of nitrogens with one attached hydrogen (secondary N) is 1. The maximum atomic E-state index is 12.5. The largest absolute Gasteiger partial charge is 0.358 e. The summed E-state index contributed by atoms with van der Waals surface area (Å²) in [5.41, 5.74) is 0.767. The lowest BCUT2D eigenvalue weighted by atomic mass is 9.89. The van der Waals surface area contributed by atoms with Gasteiger partial charge in [0, 0.05) is 32.2 Å². The molecule has 2 aliphatic heterocycles. The molecule has 1 aromatic carbocycles. The van der Waals surface area contributed by atoms with Crippen LogP contribution in [0.2, 0.25) is 0 Å². The highest BCUT2D eigenvalue weighted by Crippen LogP contribution is 2.31. The highest BCUT2D eigenvalue weighted by atomic mass is 16.2. The average Bonchev–Trinajstić information content (AvgIpc) is 2.98. The molecule has 0 bridgehead atoms. The topological polar surface area (TPSA) is 52.7 Å². The van der Waals surface area contributed by atoms with Gasteiger partial charge in [-0.1, -0.05) is 18.2 Å². The van der Waals surface area contributed by atoms with Gasteiger partial charge in [0.05, 0.1) is 6.54 Å². The number of benzene rings is 1. The van der Waals surface area contributed by atoms with Crippen LogP contribution in [0.5, 0.6) is 0 Å². The number of rotatable bonds is 3. The Balaban J connectivity index is 1.60. The minimum absolute atomic E-state index is 0.0636. The molecule has 2 aliphatic rings. The van der Waals surface area contributed by atoms with Crippen LogP contribution in [0.3, 0.4) is 0 Å². The van der Waals surface area contributed by atoms with E-state index >= 15 is 0 Å². The second-order valence-electron chi connectivity index (χ2n) is 6.29. The van der Waals surface area contributed by atoms with E-state index in [9.17, 15) is 9.59 Å². The number of nitrogens with zero attached hydrogens (tertiary/aromatic N) is 2. The Morgan fingerprint density at radius 3 is 2.59 bits per heavy atom. The van der Waals surface area contributed by atoms with Crippen molar-refractivity contribution in [3.05, 3.63) is 35.9 Å². The van der Waals surface area contributed by atoms with Crippen LogP contribution in [0.1, 0.15) is 16.8 Å². The molecule has 118 valence electrons. The first kappa shape index (κ1) is 15.0. The van der Waals surface area contributed by atoms with Crippen molar-refractivity contribution >= 4 is 11.8 Å². The summed E-state index contributed by atoms with van der Waals surface area (Å²) >= 11 is 0. The Labute approximate surface area is 131 Å². The molecule has 2 heterocycles. The van der Waals surface area contributed by atoms with Gasteiger partial charge in [0.25, 0.3) is 5.91 Å². The van der Waals surface area contributed by atoms with Gasteiger partial charge in [-0.3, -0.25) is 14.5 Å². The third-order valence-corrected chi connectivity index (χ3v) is 4.84. The van der Waals surface area contributed by atoms with Crippen molar-refractivity contribution in [2.45, 2.75) is 6.42 Å². The van der Waals surface area contributed by atoms with E-state index in [1.807, 2.05) is 35.2 Å². The van der Waals surface area contributed by atoms with Crippen LogP contribution in [0.15, 0.2) is 30.3 Å². The minimum Gasteiger partial charge on any atom is -0.358 e. The van der Waals surface area contributed by atoms with Crippen LogP contribution in [0.4, 0.5) is 0 Å². The van der Waals surface area contributed by atoms with Crippen molar-refractivity contribution < 1.29 is 9.59 Å². The molecule has 0 aliphatic carbocycles. The van der Waals surface area contributed by atoms with Crippen molar-refractivity contribution in [3.8, 4) is 0 Å². The van der Waals surface area contributed by atoms with Gasteiger partial charge in [0.15, 0.2) is 0 Å². The molecular weight excluding hydrogens is 278 g/mol. The highest BCUT2D eigenvalue weighted by molar-refractivity contribution is 5.94. The first-order valence-electron chi connectivity index (χ1n) is 7.94. The number of likely N-dealkylation sites (tertiary alicyclic amines) is 2. The Kier molecular flexibility index (Phi) is 4.43. The molecule has 0 aromatic heterocycles. The van der Waals surface area contributed by atoms with Crippen LogP contribution in [0, 0.1) is 11.8 Å². The fourth-order valence-corrected chi connectivity index (χ4v) is 3.60. The van der Waals surface area contributed by atoms with Gasteiger partial charge in [0.2, 0.25) is 5.91 Å². The van der Waals surface area contributed by atoms with Gasteiger partial charge in [-0.05, 0) is 36.9 Å². The van der Waals surface area contributed by atoms with Crippen molar-refractivity contribution in [2.75, 3.05) is 39.8 Å². The first-order valence-corrected chi connectivity index (χ1v) is 7.94. The summed E-state index contributed by atoms with van der Waals surface area (Å²) < 4.78 is 0. The van der Waals surface area contributed by atoms with E-state index in [4.69, 9.17) is 0 Å². The number of hydrogen-bond acceptors (Lipinski definition) is 3. The molecule has 0 unspecified atom stereocenters. The summed E-state index contributed by atoms with van der Waals surface area (Å²) in [5.74, 6) is 1.26. The summed E-state index contributed by atoms with van der Waals surface area (Å²) in [6.45, 7) is 3.99. The summed E-state index contributed by atoms with van der Waals surface area (Å²) in [5, 5.41) is 2.68. The SMILES string of the molecule is CNC(=O)CN1CC[C@H]2CN(C(=O)c3ccccc3)C[C@H]2C1. The van der Waals surface area contributed by atoms with Gasteiger partial charge in [-0.2, -0.15) is 0 Å². The number of likely N-dealkylation sites (N-methyl/N-ethyl adjacent to an activating group) is 1. The van der Waals surface area contributed by atoms with Gasteiger partial charge in [-0.15, -0.1) is 0 Å². The Hall–Kier alpha value is -1.88. The predicted octanol–water partition coefficient (Wildman–Crippen LogP) is 0.827. The monoisotopic (exact) mass is 301 g/mol. The Morgan fingerprint density at radius 1 is 1.14 bits per heavy atom. The molecule has 5 nitrogen and oxygen atoms in total. The number of carbonyl (C=O) groups is 2. The molecular formula is C17H23N3O2. The van der Waals surface area contributed by atoms with Gasteiger partial charge in [0.1, 0.15) is 0 Å². The number of carbonyl (C=O) groups excluding carboxylic acids is 2. The highest BCUT2D eigenvalue weighted by Gasteiger charge is 2.39. The summed E-state index contributed by atoms with van der Waals surface area (Å²) in [6, 6.07) is 9.49. The van der Waals surface area contributed by atoms with E-state index in [-0.39, 0.29) is 11.8 Å². The average molecular weight is 301 g/mol. The first-order chi connectivity index (χ1) is 10.7. The number of amides is 2. The molecule has 22 heavy (non-hydrogen) atoms. The molecule has 0 saturated carbocycles. The third-order valence-electron chi connectivity index (χ3n) is 4.84. The van der Waals surface area contributed by atoms with Crippen molar-refractivity contribution in [2.24, 2.45) is 11.8 Å². The van der Waals surface area contributed by atoms with E-state index in [1.165, 1.54) is 0 Å². The predicted molar refractivity (Wildman–Crippen MR) is 84.4 cm³/mol. The van der Waals surface area contributed by atoms with E-state index in [1.54, 1.807) is 7.05 Å². The lowest BCUT2D eigenvalue weighted by Gasteiger charge is -2.33. The molecule has 2 atom stereocenters. The van der Waals surface area contributed by atoms with Crippen LogP contribution in [0.25, 0.3) is 0 Å². The van der Waals surface area contributed by atoms with Gasteiger partial charge >= 0.3 is 0 Å². The molecule has 1 N–H and O–H groups in total. The number of hydrogen-bond donors (Lipinski definition) is 1. The van der Waals surface area contributed by atoms with Gasteiger partial charge < -0.3 is 10.2 Å². The molecule has 5 heteroatoms. The maximum Gasteiger partial charge on any atom is 0.253 e. The van der Waals surface area contributed by atoms with Crippen LogP contribution in [-0.2, 0) is 4.79 Å². The van der Waals surface area contributed by atoms with Crippen LogP contribution >= 0.6 is 0 Å². The summed E-state index contributed by atoms with van der Waals surface area (Å²) in [4.78, 5) is 28.2. The second kappa shape index (κ2) is 6.48. The normalized spacial score (nSPS) is 24.9. The molecule has 0 spiro atoms. The third kappa shape index (κ3) is 3.14. The molecule has 2 saturated heterocycles.